The van der Waals surface area contributed by atoms with Crippen LogP contribution in [-0.4, -0.2) is 6.85 Å². The zero-order valence-electron chi connectivity index (χ0n) is 15.9. The fourth-order valence-electron chi connectivity index (χ4n) is 5.38. The second-order valence-electron chi connectivity index (χ2n) is 7.68. The molecule has 0 saturated carbocycles. The van der Waals surface area contributed by atoms with Gasteiger partial charge in [-0.25, -0.2) is 0 Å². The summed E-state index contributed by atoms with van der Waals surface area (Å²) in [5.74, 6) is 3.54. The molecule has 0 fully saturated rings. The Morgan fingerprint density at radius 1 is 0.828 bits per heavy atom. The zero-order chi connectivity index (χ0) is 19.3. The molecule has 0 spiro atoms. The first-order valence-electron chi connectivity index (χ1n) is 9.89. The minimum Gasteiger partial charge on any atom is -0.458 e. The van der Waals surface area contributed by atoms with E-state index in [9.17, 15) is 0 Å². The molecule has 0 radical (unpaired) electrons. The molecule has 0 bridgehead atoms. The molecule has 4 heteroatoms. The third-order valence-electron chi connectivity index (χ3n) is 6.40. The molecule has 0 atom stereocenters. The lowest BCUT2D eigenvalue weighted by Gasteiger charge is -2.49. The van der Waals surface area contributed by atoms with Gasteiger partial charge in [0, 0.05) is 16.6 Å². The van der Waals surface area contributed by atoms with E-state index in [2.05, 4.69) is 79.0 Å². The molecule has 3 nitrogen and oxygen atoms in total. The van der Waals surface area contributed by atoms with Crippen LogP contribution in [0.2, 0.25) is 0 Å². The molecule has 7 rings (SSSR count). The highest BCUT2D eigenvalue weighted by Gasteiger charge is 2.51. The third kappa shape index (κ3) is 1.63. The van der Waals surface area contributed by atoms with Crippen molar-refractivity contribution in [3.8, 4) is 28.4 Å². The molecule has 0 aliphatic carbocycles. The Balaban J connectivity index is 1.73. The summed E-state index contributed by atoms with van der Waals surface area (Å²) >= 11 is 0. The fraction of sp³-hybridized carbons (Fsp3) is 0.0400. The lowest BCUT2D eigenvalue weighted by atomic mass is 9.40. The Bertz CT molecular complexity index is 1350. The summed E-state index contributed by atoms with van der Waals surface area (Å²) in [4.78, 5) is 2.46. The zero-order valence-corrected chi connectivity index (χ0v) is 15.9. The average molecular weight is 373 g/mol. The van der Waals surface area contributed by atoms with Gasteiger partial charge in [0.15, 0.2) is 11.5 Å². The molecule has 3 aromatic rings. The van der Waals surface area contributed by atoms with Gasteiger partial charge in [-0.2, -0.15) is 0 Å². The van der Waals surface area contributed by atoms with Crippen LogP contribution in [0, 0.1) is 0 Å². The third-order valence-corrected chi connectivity index (χ3v) is 6.40. The van der Waals surface area contributed by atoms with Crippen LogP contribution in [0.4, 0.5) is 11.4 Å². The molecule has 4 aliphatic heterocycles. The molecule has 29 heavy (non-hydrogen) atoms. The predicted octanol–water partition coefficient (Wildman–Crippen LogP) is 5.60. The van der Waals surface area contributed by atoms with E-state index >= 15 is 0 Å². The normalized spacial score (nSPS) is 17.6. The van der Waals surface area contributed by atoms with Crippen molar-refractivity contribution < 1.29 is 9.47 Å². The molecule has 4 heterocycles. The number of allylic oxidation sites excluding steroid dienone is 4. The highest BCUT2D eigenvalue weighted by Crippen LogP contribution is 2.60. The minimum atomic E-state index is 0.0420. The van der Waals surface area contributed by atoms with Gasteiger partial charge in [0.25, 0.3) is 0 Å². The van der Waals surface area contributed by atoms with E-state index in [4.69, 9.17) is 9.47 Å². The maximum Gasteiger partial charge on any atom is 0.337 e. The van der Waals surface area contributed by atoms with Gasteiger partial charge in [0.05, 0.1) is 11.4 Å². The molecule has 4 aliphatic rings. The van der Waals surface area contributed by atoms with E-state index in [1.165, 1.54) is 33.2 Å². The number of ether oxygens (including phenoxy) is 2. The molecule has 0 saturated heterocycles. The van der Waals surface area contributed by atoms with Gasteiger partial charge >= 0.3 is 6.85 Å². The lowest BCUT2D eigenvalue weighted by molar-refractivity contribution is 0.442. The van der Waals surface area contributed by atoms with Gasteiger partial charge in [0.2, 0.25) is 0 Å². The Morgan fingerprint density at radius 2 is 1.48 bits per heavy atom. The summed E-state index contributed by atoms with van der Waals surface area (Å²) in [7, 11) is 0. The van der Waals surface area contributed by atoms with Crippen molar-refractivity contribution in [3.63, 3.8) is 0 Å². The summed E-state index contributed by atoms with van der Waals surface area (Å²) in [5.41, 5.74) is 9.43. The van der Waals surface area contributed by atoms with E-state index in [1.807, 2.05) is 6.08 Å². The number of benzene rings is 3. The van der Waals surface area contributed by atoms with E-state index in [-0.39, 0.29) is 6.85 Å². The number of hydrogen-bond donors (Lipinski definition) is 0. The SMILES string of the molecule is C=CC1=C2B3c4c(cccc4-c4cccc5c4N3c3c(cccc3/C2=C/C)O5)O1. The number of anilines is 2. The van der Waals surface area contributed by atoms with E-state index < -0.39 is 0 Å². The molecule has 3 aromatic carbocycles. The maximum absolute atomic E-state index is 6.40. The summed E-state index contributed by atoms with van der Waals surface area (Å²) in [6.07, 6.45) is 4.02. The Hall–Kier alpha value is -3.66. The van der Waals surface area contributed by atoms with Gasteiger partial charge in [-0.3, -0.25) is 0 Å². The molecular formula is C25H16BNO2. The van der Waals surface area contributed by atoms with Crippen molar-refractivity contribution in [1.29, 1.82) is 0 Å². The van der Waals surface area contributed by atoms with E-state index in [0.717, 1.165) is 34.4 Å². The van der Waals surface area contributed by atoms with Gasteiger partial charge in [-0.05, 0) is 47.8 Å². The monoisotopic (exact) mass is 373 g/mol. The molecule has 136 valence electrons. The van der Waals surface area contributed by atoms with Crippen molar-refractivity contribution in [1.82, 2.24) is 0 Å². The number of fused-ring (bicyclic) bond motifs is 1. The molecule has 0 aromatic heterocycles. The Labute approximate surface area is 169 Å². The summed E-state index contributed by atoms with van der Waals surface area (Å²) in [6, 6.07) is 18.9. The second-order valence-corrected chi connectivity index (χ2v) is 7.68. The summed E-state index contributed by atoms with van der Waals surface area (Å²) in [6.45, 7) is 6.19. The largest absolute Gasteiger partial charge is 0.458 e. The fourth-order valence-corrected chi connectivity index (χ4v) is 5.38. The molecular weight excluding hydrogens is 357 g/mol. The van der Waals surface area contributed by atoms with Crippen molar-refractivity contribution in [3.05, 3.63) is 90.1 Å². The first-order valence-corrected chi connectivity index (χ1v) is 9.89. The Morgan fingerprint density at radius 3 is 2.21 bits per heavy atom. The van der Waals surface area contributed by atoms with Crippen LogP contribution in [0.25, 0.3) is 16.7 Å². The van der Waals surface area contributed by atoms with Crippen LogP contribution in [-0.2, 0) is 0 Å². The highest BCUT2D eigenvalue weighted by atomic mass is 16.5. The lowest BCUT2D eigenvalue weighted by Crippen LogP contribution is -2.56. The summed E-state index contributed by atoms with van der Waals surface area (Å²) in [5, 5.41) is 0. The van der Waals surface area contributed by atoms with Crippen molar-refractivity contribution in [2.24, 2.45) is 0 Å². The molecule has 0 unspecified atom stereocenters. The van der Waals surface area contributed by atoms with Crippen molar-refractivity contribution in [2.45, 2.75) is 6.92 Å². The predicted molar refractivity (Wildman–Crippen MR) is 117 cm³/mol. The first kappa shape index (κ1) is 15.3. The molecule has 0 amide bonds. The highest BCUT2D eigenvalue weighted by molar-refractivity contribution is 6.90. The topological polar surface area (TPSA) is 21.7 Å². The van der Waals surface area contributed by atoms with Gasteiger partial charge in [0.1, 0.15) is 11.5 Å². The number of hydrogen-bond acceptors (Lipinski definition) is 3. The van der Waals surface area contributed by atoms with Crippen molar-refractivity contribution in [2.75, 3.05) is 4.81 Å². The maximum atomic E-state index is 6.40. The second kappa shape index (κ2) is 5.03. The number of para-hydroxylation sites is 2. The van der Waals surface area contributed by atoms with Crippen LogP contribution in [0.1, 0.15) is 12.5 Å². The number of rotatable bonds is 1. The molecule has 0 N–H and O–H groups in total. The van der Waals surface area contributed by atoms with Crippen LogP contribution < -0.4 is 19.7 Å². The first-order chi connectivity index (χ1) is 14.3. The van der Waals surface area contributed by atoms with Crippen LogP contribution in [0.3, 0.4) is 0 Å². The smallest absolute Gasteiger partial charge is 0.337 e. The Kier molecular flexibility index (Phi) is 2.65. The minimum absolute atomic E-state index is 0.0420. The van der Waals surface area contributed by atoms with Gasteiger partial charge in [-0.1, -0.05) is 49.1 Å². The van der Waals surface area contributed by atoms with Crippen LogP contribution in [0.5, 0.6) is 17.2 Å². The van der Waals surface area contributed by atoms with Crippen molar-refractivity contribution >= 4 is 29.3 Å². The van der Waals surface area contributed by atoms with E-state index in [0.29, 0.717) is 0 Å². The number of nitrogens with zero attached hydrogens (tertiary/aromatic N) is 1. The van der Waals surface area contributed by atoms with E-state index in [1.54, 1.807) is 0 Å². The van der Waals surface area contributed by atoms with Crippen LogP contribution >= 0.6 is 0 Å². The average Bonchev–Trinajstić information content (AvgIpc) is 2.77. The standard InChI is InChI=1S/C25H16BNO2/c1-3-14-16-9-6-12-20-24(16)27-25-17(10-7-13-21(25)29-20)15-8-5-11-19-23(15)26(27)22(14)18(4-2)28-19/h3-13H,2H2,1H3/b14-3-. The van der Waals surface area contributed by atoms with Gasteiger partial charge in [-0.15, -0.1) is 0 Å². The van der Waals surface area contributed by atoms with Crippen LogP contribution in [0.15, 0.2) is 84.6 Å². The quantitative estimate of drug-likeness (QED) is 0.519. The van der Waals surface area contributed by atoms with Gasteiger partial charge < -0.3 is 14.3 Å². The summed E-state index contributed by atoms with van der Waals surface area (Å²) < 4.78 is 12.8.